The second kappa shape index (κ2) is 16.8. The van der Waals surface area contributed by atoms with E-state index in [-0.39, 0.29) is 41.3 Å². The monoisotopic (exact) mass is 726 g/mol. The Kier molecular flexibility index (Phi) is 11.8. The molecule has 1 atom stereocenters. The Hall–Kier alpha value is -5.27. The topological polar surface area (TPSA) is 173 Å². The Balaban J connectivity index is 1.17. The largest absolute Gasteiger partial charge is 0.465 e. The van der Waals surface area contributed by atoms with E-state index in [0.29, 0.717) is 55.1 Å². The molecule has 0 radical (unpaired) electrons. The van der Waals surface area contributed by atoms with Crippen LogP contribution in [0.2, 0.25) is 5.28 Å². The smallest absolute Gasteiger partial charge is 0.404 e. The van der Waals surface area contributed by atoms with Gasteiger partial charge in [0.25, 0.3) is 5.91 Å². The van der Waals surface area contributed by atoms with E-state index in [9.17, 15) is 19.2 Å². The minimum Gasteiger partial charge on any atom is -0.465 e. The van der Waals surface area contributed by atoms with Crippen molar-refractivity contribution < 1.29 is 24.3 Å². The average Bonchev–Trinajstić information content (AvgIpc) is 3.60. The summed E-state index contributed by atoms with van der Waals surface area (Å²) < 4.78 is 0. The fraction of sp³-hybridized carbons (Fsp3) is 0.368. The number of aromatic amines is 1. The van der Waals surface area contributed by atoms with E-state index in [1.807, 2.05) is 53.4 Å². The van der Waals surface area contributed by atoms with E-state index in [2.05, 4.69) is 43.1 Å². The maximum atomic E-state index is 13.9. The van der Waals surface area contributed by atoms with Gasteiger partial charge < -0.3 is 30.9 Å². The molecule has 2 fully saturated rings. The lowest BCUT2D eigenvalue weighted by molar-refractivity contribution is -0.130. The first-order valence-electron chi connectivity index (χ1n) is 17.5. The Bertz CT molecular complexity index is 1880. The van der Waals surface area contributed by atoms with Gasteiger partial charge in [0.1, 0.15) is 6.04 Å². The summed E-state index contributed by atoms with van der Waals surface area (Å²) in [4.78, 5) is 59.9. The number of carboxylic acid groups (broad SMARTS) is 1. The molecule has 1 saturated carbocycles. The summed E-state index contributed by atoms with van der Waals surface area (Å²) in [7, 11) is 2.06. The molecule has 0 unspecified atom stereocenters. The summed E-state index contributed by atoms with van der Waals surface area (Å²) in [6.45, 7) is 3.42. The lowest BCUT2D eigenvalue weighted by Gasteiger charge is -2.32. The normalized spacial score (nSPS) is 18.3. The van der Waals surface area contributed by atoms with E-state index < -0.39 is 12.1 Å². The summed E-state index contributed by atoms with van der Waals surface area (Å²) >= 11 is 5.88. The van der Waals surface area contributed by atoms with Gasteiger partial charge >= 0.3 is 6.09 Å². The molecule has 1 aromatic heterocycles. The van der Waals surface area contributed by atoms with Gasteiger partial charge in [-0.25, -0.2) is 9.89 Å². The van der Waals surface area contributed by atoms with Crippen molar-refractivity contribution in [2.45, 2.75) is 38.1 Å². The lowest BCUT2D eigenvalue weighted by atomic mass is 9.81. The number of halogens is 1. The van der Waals surface area contributed by atoms with Gasteiger partial charge in [0, 0.05) is 61.9 Å². The van der Waals surface area contributed by atoms with Crippen molar-refractivity contribution in [3.8, 4) is 22.5 Å². The molecule has 14 heteroatoms. The highest BCUT2D eigenvalue weighted by Crippen LogP contribution is 2.29. The van der Waals surface area contributed by atoms with Gasteiger partial charge in [-0.05, 0) is 103 Å². The van der Waals surface area contributed by atoms with E-state index in [4.69, 9.17) is 16.7 Å². The molecule has 4 aromatic rings. The fourth-order valence-electron chi connectivity index (χ4n) is 6.80. The van der Waals surface area contributed by atoms with Crippen LogP contribution < -0.4 is 16.0 Å². The quantitative estimate of drug-likeness (QED) is 0.145. The number of carbonyl (C=O) groups is 4. The van der Waals surface area contributed by atoms with Gasteiger partial charge in [-0.1, -0.05) is 36.4 Å². The lowest BCUT2D eigenvalue weighted by Crippen LogP contribution is -2.48. The molecule has 2 aliphatic rings. The molecule has 272 valence electrons. The molecule has 13 nitrogen and oxygen atoms in total. The number of nitrogens with zero attached hydrogens (tertiary/aromatic N) is 4. The molecule has 0 bridgehead atoms. The van der Waals surface area contributed by atoms with Crippen molar-refractivity contribution in [3.63, 3.8) is 0 Å². The van der Waals surface area contributed by atoms with Crippen molar-refractivity contribution >= 4 is 41.1 Å². The van der Waals surface area contributed by atoms with Gasteiger partial charge in [-0.2, -0.15) is 10.1 Å². The van der Waals surface area contributed by atoms with Crippen LogP contribution in [0.1, 0.15) is 41.6 Å². The summed E-state index contributed by atoms with van der Waals surface area (Å²) in [5, 5.41) is 24.2. The number of nitrogens with one attached hydrogen (secondary N) is 4. The number of rotatable bonds is 11. The number of benzene rings is 3. The third-order valence-corrected chi connectivity index (χ3v) is 10.0. The van der Waals surface area contributed by atoms with Crippen LogP contribution in [-0.2, 0) is 16.0 Å². The molecule has 1 saturated heterocycles. The third kappa shape index (κ3) is 9.53. The molecule has 4 amide bonds. The zero-order chi connectivity index (χ0) is 36.6. The van der Waals surface area contributed by atoms with E-state index in [1.54, 1.807) is 24.3 Å². The summed E-state index contributed by atoms with van der Waals surface area (Å²) in [6.07, 6.45) is 1.83. The van der Waals surface area contributed by atoms with Crippen LogP contribution in [0, 0.1) is 11.8 Å². The average molecular weight is 727 g/mol. The Morgan fingerprint density at radius 2 is 1.60 bits per heavy atom. The number of piperazine rings is 1. The highest BCUT2D eigenvalue weighted by atomic mass is 35.5. The van der Waals surface area contributed by atoms with Crippen LogP contribution in [-0.4, -0.2) is 99.7 Å². The van der Waals surface area contributed by atoms with Crippen LogP contribution in [0.25, 0.3) is 22.5 Å². The molecular weight excluding hydrogens is 684 g/mol. The van der Waals surface area contributed by atoms with Gasteiger partial charge in [-0.3, -0.25) is 14.4 Å². The van der Waals surface area contributed by atoms with Crippen molar-refractivity contribution in [3.05, 3.63) is 89.2 Å². The van der Waals surface area contributed by atoms with Crippen LogP contribution in [0.3, 0.4) is 0 Å². The fourth-order valence-corrected chi connectivity index (χ4v) is 6.92. The van der Waals surface area contributed by atoms with Crippen LogP contribution in [0.5, 0.6) is 0 Å². The van der Waals surface area contributed by atoms with Crippen molar-refractivity contribution in [2.24, 2.45) is 11.8 Å². The minimum atomic E-state index is -1.05. The predicted molar refractivity (Wildman–Crippen MR) is 198 cm³/mol. The molecule has 3 aromatic carbocycles. The van der Waals surface area contributed by atoms with Crippen LogP contribution in [0.4, 0.5) is 10.5 Å². The van der Waals surface area contributed by atoms with Crippen molar-refractivity contribution in [2.75, 3.05) is 45.1 Å². The number of amides is 4. The maximum Gasteiger partial charge on any atom is 0.404 e. The SMILES string of the molecule is CN1CCN(C(=O)c2cccc(-c3cccc(C[C@H](NC(=O)C4CCC(CNC(=O)O)CC4)C(=O)Nc4ccc(-c5n[nH]c(Cl)n5)cc4)c3)c2)CC1. The van der Waals surface area contributed by atoms with Gasteiger partial charge in [0.05, 0.1) is 0 Å². The van der Waals surface area contributed by atoms with E-state index in [1.165, 1.54) is 0 Å². The van der Waals surface area contributed by atoms with Crippen molar-refractivity contribution in [1.82, 2.24) is 35.6 Å². The molecule has 6 rings (SSSR count). The van der Waals surface area contributed by atoms with Crippen LogP contribution >= 0.6 is 11.6 Å². The Labute approximate surface area is 307 Å². The molecule has 1 aliphatic heterocycles. The number of H-pyrrole nitrogens is 1. The Morgan fingerprint density at radius 3 is 2.27 bits per heavy atom. The molecule has 0 spiro atoms. The number of hydrogen-bond acceptors (Lipinski definition) is 7. The van der Waals surface area contributed by atoms with E-state index in [0.717, 1.165) is 42.6 Å². The predicted octanol–water partition coefficient (Wildman–Crippen LogP) is 4.92. The van der Waals surface area contributed by atoms with Gasteiger partial charge in [0.15, 0.2) is 5.82 Å². The molecule has 1 aliphatic carbocycles. The van der Waals surface area contributed by atoms with Crippen LogP contribution in [0.15, 0.2) is 72.8 Å². The number of anilines is 1. The minimum absolute atomic E-state index is 0.00944. The number of aromatic nitrogens is 3. The summed E-state index contributed by atoms with van der Waals surface area (Å²) in [6, 6.07) is 21.5. The number of likely N-dealkylation sites (N-methyl/N-ethyl adjacent to an activating group) is 1. The second-order valence-electron chi connectivity index (χ2n) is 13.6. The number of hydrogen-bond donors (Lipinski definition) is 5. The van der Waals surface area contributed by atoms with E-state index >= 15 is 0 Å². The Morgan fingerprint density at radius 1 is 0.904 bits per heavy atom. The first kappa shape index (κ1) is 36.5. The molecular formula is C38H43ClN8O5. The maximum absolute atomic E-state index is 13.9. The standard InChI is InChI=1S/C38H43ClN8O5/c1-46-16-18-47(19-17-46)36(50)30-7-3-6-29(22-30)28-5-2-4-25(20-28)21-32(42-34(48)27-10-8-24(9-11-27)23-40-38(51)52)35(49)41-31-14-12-26(13-15-31)33-43-37(39)45-44-33/h2-7,12-15,20,22,24,27,32,40H,8-11,16-19,21,23H2,1H3,(H,41,49)(H,42,48)(H,51,52)(H,43,44,45)/t24?,27?,32-/m0/s1. The zero-order valence-corrected chi connectivity index (χ0v) is 29.7. The number of carbonyl (C=O) groups excluding carboxylic acids is 3. The first-order valence-corrected chi connectivity index (χ1v) is 17.9. The molecule has 2 heterocycles. The second-order valence-corrected chi connectivity index (χ2v) is 13.9. The van der Waals surface area contributed by atoms with Gasteiger partial charge in [-0.15, -0.1) is 0 Å². The third-order valence-electron chi connectivity index (χ3n) is 9.86. The molecule has 52 heavy (non-hydrogen) atoms. The van der Waals surface area contributed by atoms with Crippen molar-refractivity contribution in [1.29, 1.82) is 0 Å². The highest BCUT2D eigenvalue weighted by Gasteiger charge is 2.30. The summed E-state index contributed by atoms with van der Waals surface area (Å²) in [5.41, 5.74) is 4.50. The first-order chi connectivity index (χ1) is 25.1. The molecule has 5 N–H and O–H groups in total. The van der Waals surface area contributed by atoms with Gasteiger partial charge in [0.2, 0.25) is 17.1 Å². The highest BCUT2D eigenvalue weighted by molar-refractivity contribution is 6.28. The zero-order valence-electron chi connectivity index (χ0n) is 29.0. The summed E-state index contributed by atoms with van der Waals surface area (Å²) in [5.74, 6) is -0.242.